The molecule has 0 radical (unpaired) electrons. The smallest absolute Gasteiger partial charge is 0.259 e. The van der Waals surface area contributed by atoms with E-state index in [2.05, 4.69) is 15.3 Å². The lowest BCUT2D eigenvalue weighted by Gasteiger charge is -2.06. The summed E-state index contributed by atoms with van der Waals surface area (Å²) in [6, 6.07) is 9.70. The van der Waals surface area contributed by atoms with E-state index < -0.39 is 0 Å². The maximum atomic E-state index is 12.3. The molecule has 0 unspecified atom stereocenters. The van der Waals surface area contributed by atoms with Gasteiger partial charge in [-0.1, -0.05) is 12.1 Å². The van der Waals surface area contributed by atoms with Crippen LogP contribution < -0.4 is 10.1 Å². The number of aromatic nitrogens is 2. The highest BCUT2D eigenvalue weighted by Crippen LogP contribution is 2.19. The molecule has 5 nitrogen and oxygen atoms in total. The number of rotatable bonds is 5. The first-order valence-electron chi connectivity index (χ1n) is 7.44. The fourth-order valence-electron chi connectivity index (χ4n) is 2.31. The van der Waals surface area contributed by atoms with Crippen molar-refractivity contribution in [1.29, 1.82) is 0 Å². The molecule has 6 heteroatoms. The molecule has 0 saturated heterocycles. The topological polar surface area (TPSA) is 64.1 Å². The third-order valence-corrected chi connectivity index (χ3v) is 4.27. The van der Waals surface area contributed by atoms with Gasteiger partial charge in [0.2, 0.25) is 0 Å². The van der Waals surface area contributed by atoms with E-state index in [4.69, 9.17) is 4.74 Å². The van der Waals surface area contributed by atoms with Crippen molar-refractivity contribution >= 4 is 22.4 Å². The van der Waals surface area contributed by atoms with E-state index in [1.54, 1.807) is 25.7 Å². The number of nitrogens with zero attached hydrogens (tertiary/aromatic N) is 2. The van der Waals surface area contributed by atoms with Crippen LogP contribution in [0.15, 0.2) is 48.9 Å². The second-order valence-electron chi connectivity index (χ2n) is 5.34. The number of aryl methyl sites for hydroxylation is 1. The maximum absolute atomic E-state index is 12.3. The summed E-state index contributed by atoms with van der Waals surface area (Å²) >= 11 is 1.44. The molecule has 0 fully saturated rings. The Bertz CT molecular complexity index is 861. The second kappa shape index (κ2) is 7.23. The number of carbonyl (C=O) groups is 1. The summed E-state index contributed by atoms with van der Waals surface area (Å²) in [5, 5.41) is 3.39. The molecule has 2 heterocycles. The number of hydrogen-bond acceptors (Lipinski definition) is 5. The summed E-state index contributed by atoms with van der Waals surface area (Å²) in [5.74, 6) is 0.609. The summed E-state index contributed by atoms with van der Waals surface area (Å²) in [6.45, 7) is 1.95. The number of amides is 1. The molecule has 0 saturated carbocycles. The van der Waals surface area contributed by atoms with Gasteiger partial charge in [0.15, 0.2) is 5.13 Å². The highest BCUT2D eigenvalue weighted by molar-refractivity contribution is 7.15. The van der Waals surface area contributed by atoms with Gasteiger partial charge in [-0.3, -0.25) is 15.1 Å². The van der Waals surface area contributed by atoms with Crippen molar-refractivity contribution in [2.24, 2.45) is 0 Å². The standard InChI is InChI=1S/C18H17N3O2S/c1-12-9-20-18(24-12)21-17(22)15-7-14(10-19-11-15)6-13-4-3-5-16(8-13)23-2/h3-5,7-11H,6H2,1-2H3,(H,20,21,22). The van der Waals surface area contributed by atoms with Gasteiger partial charge < -0.3 is 4.74 Å². The zero-order valence-electron chi connectivity index (χ0n) is 13.4. The number of benzene rings is 1. The molecule has 0 aliphatic heterocycles. The zero-order valence-corrected chi connectivity index (χ0v) is 14.3. The van der Waals surface area contributed by atoms with Crippen LogP contribution in [-0.4, -0.2) is 23.0 Å². The van der Waals surface area contributed by atoms with E-state index in [1.165, 1.54) is 11.3 Å². The molecule has 2 aromatic heterocycles. The normalized spacial score (nSPS) is 10.4. The molecule has 1 amide bonds. The highest BCUT2D eigenvalue weighted by atomic mass is 32.1. The minimum Gasteiger partial charge on any atom is -0.497 e. The van der Waals surface area contributed by atoms with Crippen molar-refractivity contribution in [1.82, 2.24) is 9.97 Å². The molecule has 122 valence electrons. The first kappa shape index (κ1) is 16.1. The Morgan fingerprint density at radius 1 is 1.21 bits per heavy atom. The number of anilines is 1. The minimum atomic E-state index is -0.204. The van der Waals surface area contributed by atoms with Gasteiger partial charge in [0, 0.05) is 23.5 Å². The fourth-order valence-corrected chi connectivity index (χ4v) is 2.97. The lowest BCUT2D eigenvalue weighted by Crippen LogP contribution is -2.12. The quantitative estimate of drug-likeness (QED) is 0.770. The zero-order chi connectivity index (χ0) is 16.9. The molecule has 3 rings (SSSR count). The van der Waals surface area contributed by atoms with Crippen LogP contribution in [0.5, 0.6) is 5.75 Å². The first-order chi connectivity index (χ1) is 11.6. The van der Waals surface area contributed by atoms with Gasteiger partial charge in [0.05, 0.1) is 12.7 Å². The van der Waals surface area contributed by atoms with Crippen LogP contribution in [0.4, 0.5) is 5.13 Å². The lowest BCUT2D eigenvalue weighted by molar-refractivity contribution is 0.102. The summed E-state index contributed by atoms with van der Waals surface area (Å²) < 4.78 is 5.24. The molecule has 1 aromatic carbocycles. The van der Waals surface area contributed by atoms with Crippen LogP contribution in [0.3, 0.4) is 0 Å². The predicted molar refractivity (Wildman–Crippen MR) is 94.8 cm³/mol. The van der Waals surface area contributed by atoms with Gasteiger partial charge in [-0.25, -0.2) is 4.98 Å². The SMILES string of the molecule is COc1cccc(Cc2cncc(C(=O)Nc3ncc(C)s3)c2)c1. The van der Waals surface area contributed by atoms with Gasteiger partial charge in [-0.2, -0.15) is 0 Å². The van der Waals surface area contributed by atoms with Crippen molar-refractivity contribution in [3.63, 3.8) is 0 Å². The predicted octanol–water partition coefficient (Wildman–Crippen LogP) is 3.70. The Hall–Kier alpha value is -2.73. The number of hydrogen-bond donors (Lipinski definition) is 1. The second-order valence-corrected chi connectivity index (χ2v) is 6.58. The van der Waals surface area contributed by atoms with Crippen LogP contribution in [0.25, 0.3) is 0 Å². The first-order valence-corrected chi connectivity index (χ1v) is 8.26. The number of nitrogens with one attached hydrogen (secondary N) is 1. The van der Waals surface area contributed by atoms with Crippen molar-refractivity contribution in [2.45, 2.75) is 13.3 Å². The van der Waals surface area contributed by atoms with Crippen LogP contribution in [0.1, 0.15) is 26.4 Å². The van der Waals surface area contributed by atoms with Gasteiger partial charge in [-0.15, -0.1) is 11.3 Å². The van der Waals surface area contributed by atoms with Crippen molar-refractivity contribution < 1.29 is 9.53 Å². The highest BCUT2D eigenvalue weighted by Gasteiger charge is 2.10. The molecular formula is C18H17N3O2S. The summed E-state index contributed by atoms with van der Waals surface area (Å²) in [5.41, 5.74) is 2.58. The third kappa shape index (κ3) is 3.97. The maximum Gasteiger partial charge on any atom is 0.259 e. The molecule has 0 atom stereocenters. The molecular weight excluding hydrogens is 322 g/mol. The molecule has 0 aliphatic carbocycles. The third-order valence-electron chi connectivity index (χ3n) is 3.44. The Balaban J connectivity index is 1.74. The number of thiazole rings is 1. The number of carbonyl (C=O) groups excluding carboxylic acids is 1. The average molecular weight is 339 g/mol. The van der Waals surface area contributed by atoms with Gasteiger partial charge in [0.1, 0.15) is 5.75 Å². The monoisotopic (exact) mass is 339 g/mol. The molecule has 3 aromatic rings. The van der Waals surface area contributed by atoms with Crippen LogP contribution in [0, 0.1) is 6.92 Å². The van der Waals surface area contributed by atoms with Crippen LogP contribution >= 0.6 is 11.3 Å². The van der Waals surface area contributed by atoms with E-state index in [9.17, 15) is 4.79 Å². The van der Waals surface area contributed by atoms with Crippen molar-refractivity contribution in [3.05, 3.63) is 70.5 Å². The van der Waals surface area contributed by atoms with Crippen molar-refractivity contribution in [3.8, 4) is 5.75 Å². The molecule has 0 bridgehead atoms. The number of pyridine rings is 1. The van der Waals surface area contributed by atoms with Crippen LogP contribution in [0.2, 0.25) is 0 Å². The Morgan fingerprint density at radius 3 is 2.83 bits per heavy atom. The number of methoxy groups -OCH3 is 1. The largest absolute Gasteiger partial charge is 0.497 e. The fraction of sp³-hybridized carbons (Fsp3) is 0.167. The average Bonchev–Trinajstić information content (AvgIpc) is 3.00. The summed E-state index contributed by atoms with van der Waals surface area (Å²) in [6.07, 6.45) is 5.74. The Morgan fingerprint density at radius 2 is 2.08 bits per heavy atom. The van der Waals surface area contributed by atoms with E-state index in [1.807, 2.05) is 37.3 Å². The Labute approximate surface area is 144 Å². The molecule has 1 N–H and O–H groups in total. The summed E-state index contributed by atoms with van der Waals surface area (Å²) in [4.78, 5) is 21.7. The van der Waals surface area contributed by atoms with E-state index in [-0.39, 0.29) is 5.91 Å². The molecule has 0 spiro atoms. The number of ether oxygens (including phenoxy) is 1. The molecule has 0 aliphatic rings. The Kier molecular flexibility index (Phi) is 4.86. The van der Waals surface area contributed by atoms with E-state index in [0.29, 0.717) is 17.1 Å². The lowest BCUT2D eigenvalue weighted by atomic mass is 10.0. The molecule has 24 heavy (non-hydrogen) atoms. The van der Waals surface area contributed by atoms with Crippen LogP contribution in [-0.2, 0) is 6.42 Å². The van der Waals surface area contributed by atoms with Crippen molar-refractivity contribution in [2.75, 3.05) is 12.4 Å². The van der Waals surface area contributed by atoms with Gasteiger partial charge in [-0.05, 0) is 42.7 Å². The summed E-state index contributed by atoms with van der Waals surface area (Å²) in [7, 11) is 1.64. The van der Waals surface area contributed by atoms with Gasteiger partial charge in [0.25, 0.3) is 5.91 Å². The van der Waals surface area contributed by atoms with Gasteiger partial charge >= 0.3 is 0 Å². The minimum absolute atomic E-state index is 0.204. The van der Waals surface area contributed by atoms with E-state index in [0.717, 1.165) is 21.8 Å². The van der Waals surface area contributed by atoms with E-state index >= 15 is 0 Å².